The van der Waals surface area contributed by atoms with E-state index in [1.807, 2.05) is 0 Å². The number of piperidine rings is 2. The third-order valence-electron chi connectivity index (χ3n) is 4.14. The highest BCUT2D eigenvalue weighted by molar-refractivity contribution is 5.92. The lowest BCUT2D eigenvalue weighted by Crippen LogP contribution is -2.55. The van der Waals surface area contributed by atoms with Crippen molar-refractivity contribution in [2.24, 2.45) is 11.8 Å². The van der Waals surface area contributed by atoms with E-state index in [1.165, 1.54) is 0 Å². The summed E-state index contributed by atoms with van der Waals surface area (Å²) in [5.41, 5.74) is 2.69. The highest BCUT2D eigenvalue weighted by Crippen LogP contribution is 2.26. The highest BCUT2D eigenvalue weighted by Gasteiger charge is 2.35. The summed E-state index contributed by atoms with van der Waals surface area (Å²) in [5.74, 6) is 5.96. The Kier molecular flexibility index (Phi) is 3.70. The van der Waals surface area contributed by atoms with Gasteiger partial charge in [0.25, 0.3) is 5.91 Å². The predicted octanol–water partition coefficient (Wildman–Crippen LogP) is -0.497. The zero-order valence-electron chi connectivity index (χ0n) is 11.6. The molecule has 8 nitrogen and oxygen atoms in total. The van der Waals surface area contributed by atoms with Crippen molar-refractivity contribution in [3.8, 4) is 0 Å². The first-order chi connectivity index (χ1) is 10.2. The normalized spacial score (nSPS) is 25.0. The summed E-state index contributed by atoms with van der Waals surface area (Å²) in [6, 6.07) is 3.43. The molecule has 0 radical (unpaired) electrons. The number of hydrogen-bond acceptors (Lipinski definition) is 6. The van der Waals surface area contributed by atoms with Crippen LogP contribution in [-0.4, -0.2) is 46.0 Å². The van der Waals surface area contributed by atoms with E-state index < -0.39 is 0 Å². The second-order valence-corrected chi connectivity index (χ2v) is 5.46. The van der Waals surface area contributed by atoms with E-state index in [4.69, 9.17) is 5.84 Å². The number of nitrogens with two attached hydrogens (primary N) is 1. The molecule has 2 saturated heterocycles. The molecule has 1 aromatic rings. The molecule has 0 spiro atoms. The van der Waals surface area contributed by atoms with Crippen molar-refractivity contribution in [3.63, 3.8) is 0 Å². The molecule has 2 atom stereocenters. The fraction of sp³-hybridized carbons (Fsp3) is 0.538. The van der Waals surface area contributed by atoms with E-state index in [0.717, 1.165) is 12.8 Å². The zero-order chi connectivity index (χ0) is 14.8. The van der Waals surface area contributed by atoms with Crippen LogP contribution in [0.2, 0.25) is 0 Å². The molecule has 21 heavy (non-hydrogen) atoms. The van der Waals surface area contributed by atoms with Crippen LogP contribution in [0.4, 0.5) is 5.82 Å². The number of carbonyl (C=O) groups is 2. The number of amides is 2. The van der Waals surface area contributed by atoms with Crippen molar-refractivity contribution in [3.05, 3.63) is 17.8 Å². The van der Waals surface area contributed by atoms with Gasteiger partial charge in [0, 0.05) is 25.6 Å². The lowest BCUT2D eigenvalue weighted by Gasteiger charge is -2.41. The molecule has 0 aromatic carbocycles. The van der Waals surface area contributed by atoms with Crippen molar-refractivity contribution >= 4 is 17.6 Å². The van der Waals surface area contributed by atoms with Crippen LogP contribution in [0.3, 0.4) is 0 Å². The minimum Gasteiger partial charge on any atom is -0.353 e. The number of hydrogen-bond donors (Lipinski definition) is 3. The molecule has 0 aliphatic carbocycles. The average molecular weight is 290 g/mol. The van der Waals surface area contributed by atoms with Gasteiger partial charge in [0.05, 0.1) is 0 Å². The molecule has 0 saturated carbocycles. The maximum atomic E-state index is 12.4. The van der Waals surface area contributed by atoms with E-state index in [2.05, 4.69) is 20.9 Å². The quantitative estimate of drug-likeness (QED) is 0.500. The van der Waals surface area contributed by atoms with Crippen LogP contribution in [0, 0.1) is 5.92 Å². The highest BCUT2D eigenvalue weighted by atomic mass is 16.2. The number of nitrogens with one attached hydrogen (secondary N) is 2. The summed E-state index contributed by atoms with van der Waals surface area (Å²) in [6.45, 7) is 1.28. The molecular formula is C13H18N6O2. The summed E-state index contributed by atoms with van der Waals surface area (Å²) < 4.78 is 0. The topological polar surface area (TPSA) is 113 Å². The van der Waals surface area contributed by atoms with Gasteiger partial charge in [-0.1, -0.05) is 0 Å². The summed E-state index contributed by atoms with van der Waals surface area (Å²) in [5, 5.41) is 10.7. The van der Waals surface area contributed by atoms with E-state index >= 15 is 0 Å². The minimum atomic E-state index is -0.124. The van der Waals surface area contributed by atoms with Crippen LogP contribution in [0.25, 0.3) is 0 Å². The maximum absolute atomic E-state index is 12.4. The van der Waals surface area contributed by atoms with Crippen LogP contribution in [0.5, 0.6) is 0 Å². The van der Waals surface area contributed by atoms with E-state index in [9.17, 15) is 9.59 Å². The lowest BCUT2D eigenvalue weighted by atomic mass is 9.85. The number of likely N-dealkylation sites (tertiary alicyclic amines) is 1. The Labute approximate surface area is 122 Å². The second kappa shape index (κ2) is 5.65. The number of aromatic nitrogens is 2. The van der Waals surface area contributed by atoms with Crippen LogP contribution in [0.1, 0.15) is 29.8 Å². The van der Waals surface area contributed by atoms with Crippen molar-refractivity contribution in [2.45, 2.75) is 25.3 Å². The number of nitrogens with zero attached hydrogens (tertiary/aromatic N) is 3. The number of fused-ring (bicyclic) bond motifs is 1. The molecule has 112 valence electrons. The molecule has 2 unspecified atom stereocenters. The smallest absolute Gasteiger partial charge is 0.274 e. The summed E-state index contributed by atoms with van der Waals surface area (Å²) in [7, 11) is 0. The summed E-state index contributed by atoms with van der Waals surface area (Å²) in [4.78, 5) is 25.6. The van der Waals surface area contributed by atoms with E-state index in [0.29, 0.717) is 36.9 Å². The molecule has 3 rings (SSSR count). The van der Waals surface area contributed by atoms with Crippen molar-refractivity contribution in [2.75, 3.05) is 18.5 Å². The largest absolute Gasteiger partial charge is 0.353 e. The van der Waals surface area contributed by atoms with Gasteiger partial charge in [-0.2, -0.15) is 0 Å². The Hall–Kier alpha value is -2.22. The number of rotatable bonds is 2. The third-order valence-corrected chi connectivity index (χ3v) is 4.14. The third kappa shape index (κ3) is 2.80. The first kappa shape index (κ1) is 13.7. The van der Waals surface area contributed by atoms with Crippen molar-refractivity contribution < 1.29 is 9.59 Å². The molecule has 2 aliphatic rings. The number of nitrogen functional groups attached to an aromatic ring is 1. The Morgan fingerprint density at radius 3 is 2.95 bits per heavy atom. The van der Waals surface area contributed by atoms with Crippen molar-refractivity contribution in [1.29, 1.82) is 0 Å². The van der Waals surface area contributed by atoms with Gasteiger partial charge < -0.3 is 15.6 Å². The van der Waals surface area contributed by atoms with Gasteiger partial charge in [-0.25, -0.2) is 5.84 Å². The molecule has 1 aromatic heterocycles. The van der Waals surface area contributed by atoms with Gasteiger partial charge in [0.2, 0.25) is 5.91 Å². The van der Waals surface area contributed by atoms with Crippen LogP contribution < -0.4 is 16.6 Å². The Balaban J connectivity index is 1.67. The van der Waals surface area contributed by atoms with Gasteiger partial charge in [-0.15, -0.1) is 10.2 Å². The van der Waals surface area contributed by atoms with Crippen LogP contribution in [-0.2, 0) is 4.79 Å². The van der Waals surface area contributed by atoms with Gasteiger partial charge in [-0.3, -0.25) is 9.59 Å². The molecule has 2 aliphatic heterocycles. The summed E-state index contributed by atoms with van der Waals surface area (Å²) in [6.07, 6.45) is 2.17. The van der Waals surface area contributed by atoms with Crippen molar-refractivity contribution in [1.82, 2.24) is 20.4 Å². The zero-order valence-corrected chi connectivity index (χ0v) is 11.6. The SMILES string of the molecule is NNc1ccc(C(=O)N2CCC3NC(=O)CCC3C2)nn1. The van der Waals surface area contributed by atoms with Crippen LogP contribution in [0.15, 0.2) is 12.1 Å². The molecule has 3 heterocycles. The second-order valence-electron chi connectivity index (χ2n) is 5.46. The lowest BCUT2D eigenvalue weighted by molar-refractivity contribution is -0.125. The molecule has 8 heteroatoms. The minimum absolute atomic E-state index is 0.117. The van der Waals surface area contributed by atoms with Gasteiger partial charge >= 0.3 is 0 Å². The Bertz CT molecular complexity index is 546. The molecule has 2 fully saturated rings. The molecule has 0 bridgehead atoms. The van der Waals surface area contributed by atoms with Gasteiger partial charge in [0.1, 0.15) is 0 Å². The number of carbonyl (C=O) groups excluding carboxylic acids is 2. The fourth-order valence-corrected chi connectivity index (χ4v) is 2.98. The van der Waals surface area contributed by atoms with Crippen LogP contribution >= 0.6 is 0 Å². The number of anilines is 1. The van der Waals surface area contributed by atoms with Gasteiger partial charge in [-0.05, 0) is 30.9 Å². The molecule has 2 amide bonds. The number of hydrazine groups is 1. The van der Waals surface area contributed by atoms with Gasteiger partial charge in [0.15, 0.2) is 11.5 Å². The first-order valence-corrected chi connectivity index (χ1v) is 7.06. The predicted molar refractivity (Wildman–Crippen MR) is 75.0 cm³/mol. The Morgan fingerprint density at radius 1 is 1.38 bits per heavy atom. The first-order valence-electron chi connectivity index (χ1n) is 7.06. The van der Waals surface area contributed by atoms with E-state index in [1.54, 1.807) is 17.0 Å². The summed E-state index contributed by atoms with van der Waals surface area (Å²) >= 11 is 0. The standard InChI is InChI=1S/C13H18N6O2/c14-16-11-3-2-10(17-18-11)13(21)19-6-5-9-8(7-19)1-4-12(20)15-9/h2-3,8-9H,1,4-7,14H2,(H,15,20)(H,16,18). The van der Waals surface area contributed by atoms with E-state index in [-0.39, 0.29) is 17.9 Å². The molecular weight excluding hydrogens is 272 g/mol. The Morgan fingerprint density at radius 2 is 2.24 bits per heavy atom. The fourth-order valence-electron chi connectivity index (χ4n) is 2.98. The molecule has 4 N–H and O–H groups in total. The average Bonchev–Trinajstić information content (AvgIpc) is 2.53. The monoisotopic (exact) mass is 290 g/mol. The maximum Gasteiger partial charge on any atom is 0.274 e.